The van der Waals surface area contributed by atoms with Gasteiger partial charge in [-0.1, -0.05) is 18.9 Å². The molecule has 8 rings (SSSR count). The number of aromatic nitrogens is 4. The summed E-state index contributed by atoms with van der Waals surface area (Å²) in [6, 6.07) is 5.77. The molecule has 13 heteroatoms. The van der Waals surface area contributed by atoms with Crippen molar-refractivity contribution < 1.29 is 27.4 Å². The fraction of sp³-hybridized carbons (Fsp3) is 0.432. The number of aryl methyl sites for hydroxylation is 1. The number of phenolic OH excluding ortho intramolecular Hbond substituents is 1. The van der Waals surface area contributed by atoms with E-state index >= 15 is 8.78 Å². The maximum Gasteiger partial charge on any atom is 0.319 e. The zero-order valence-corrected chi connectivity index (χ0v) is 28.0. The fourth-order valence-corrected chi connectivity index (χ4v) is 8.52. The number of nitrogens with zero attached hydrogens (tertiary/aromatic N) is 6. The van der Waals surface area contributed by atoms with Crippen LogP contribution in [0.4, 0.5) is 23.4 Å². The zero-order valence-electron chi connectivity index (χ0n) is 28.0. The predicted molar refractivity (Wildman–Crippen MR) is 184 cm³/mol. The Bertz CT molecular complexity index is 2210. The van der Waals surface area contributed by atoms with Gasteiger partial charge in [-0.3, -0.25) is 4.68 Å². The lowest BCUT2D eigenvalue weighted by Crippen LogP contribution is -2.51. The second-order valence-electron chi connectivity index (χ2n) is 14.4. The molecule has 260 valence electrons. The van der Waals surface area contributed by atoms with Gasteiger partial charge < -0.3 is 25.0 Å². The van der Waals surface area contributed by atoms with Gasteiger partial charge in [0.2, 0.25) is 6.43 Å². The van der Waals surface area contributed by atoms with Crippen LogP contribution in [-0.2, 0) is 7.05 Å². The lowest BCUT2D eigenvalue weighted by atomic mass is 9.73. The number of alkyl halides is 2. The molecule has 3 aliphatic heterocycles. The summed E-state index contributed by atoms with van der Waals surface area (Å²) in [6.45, 7) is 3.85. The van der Waals surface area contributed by atoms with Crippen LogP contribution in [0.3, 0.4) is 0 Å². The van der Waals surface area contributed by atoms with E-state index in [1.165, 1.54) is 24.3 Å². The summed E-state index contributed by atoms with van der Waals surface area (Å²) < 4.78 is 68.9. The Labute approximate surface area is 286 Å². The van der Waals surface area contributed by atoms with Gasteiger partial charge in [-0.15, -0.1) is 6.42 Å². The van der Waals surface area contributed by atoms with Gasteiger partial charge in [-0.2, -0.15) is 15.1 Å². The Balaban J connectivity index is 1.37. The van der Waals surface area contributed by atoms with Crippen LogP contribution >= 0.6 is 0 Å². The summed E-state index contributed by atoms with van der Waals surface area (Å²) in [4.78, 5) is 13.6. The van der Waals surface area contributed by atoms with Crippen molar-refractivity contribution in [3.63, 3.8) is 0 Å². The van der Waals surface area contributed by atoms with Gasteiger partial charge in [0.1, 0.15) is 28.4 Å². The van der Waals surface area contributed by atoms with Crippen molar-refractivity contribution in [1.29, 1.82) is 0 Å². The van der Waals surface area contributed by atoms with Crippen LogP contribution in [0.2, 0.25) is 0 Å². The monoisotopic (exact) mass is 687 g/mol. The smallest absolute Gasteiger partial charge is 0.319 e. The normalized spacial score (nSPS) is 24.1. The number of terminal acetylenes is 1. The van der Waals surface area contributed by atoms with Crippen molar-refractivity contribution in [3.8, 4) is 35.2 Å². The standard InChI is InChI=1S/C37H37F4N7O2/c1-5-23-27(38)9-6-19-12-22(49)13-24(28(19)23)29-31(39)33-30(25-16-47(4)45-32(25)29)35(48-14-20-7-8-21(15-48)42-20)44-36(43-33)50-18-37(2)17-46(3)11-10-26(37)34(40)41/h1,6,9,12-13,16,20-21,26,34,42,49H,7-8,10-11,14-15,17-18H2,2-4H3/t20-,21+,26-,37+/m0/s1. The Morgan fingerprint density at radius 2 is 1.84 bits per heavy atom. The van der Waals surface area contributed by atoms with E-state index in [4.69, 9.17) is 16.1 Å². The largest absolute Gasteiger partial charge is 0.508 e. The Morgan fingerprint density at radius 1 is 1.08 bits per heavy atom. The average Bonchev–Trinajstić information content (AvgIpc) is 3.63. The molecule has 0 spiro atoms. The molecule has 0 aliphatic carbocycles. The number of anilines is 1. The molecule has 5 heterocycles. The number of hydrogen-bond donors (Lipinski definition) is 2. The van der Waals surface area contributed by atoms with Crippen molar-refractivity contribution in [2.24, 2.45) is 18.4 Å². The van der Waals surface area contributed by atoms with Gasteiger partial charge >= 0.3 is 6.01 Å². The van der Waals surface area contributed by atoms with E-state index in [0.29, 0.717) is 54.6 Å². The van der Waals surface area contributed by atoms with E-state index < -0.39 is 29.4 Å². The minimum absolute atomic E-state index is 0.0225. The number of piperazine rings is 1. The number of fused-ring (bicyclic) bond motifs is 6. The fourth-order valence-electron chi connectivity index (χ4n) is 8.52. The molecule has 9 nitrogen and oxygen atoms in total. The third kappa shape index (κ3) is 5.27. The highest BCUT2D eigenvalue weighted by atomic mass is 19.3. The molecular weight excluding hydrogens is 650 g/mol. The van der Waals surface area contributed by atoms with Crippen LogP contribution in [0, 0.1) is 35.3 Å². The summed E-state index contributed by atoms with van der Waals surface area (Å²) >= 11 is 0. The highest BCUT2D eigenvalue weighted by Gasteiger charge is 2.45. The number of halogens is 4. The summed E-state index contributed by atoms with van der Waals surface area (Å²) in [7, 11) is 3.60. The van der Waals surface area contributed by atoms with Crippen molar-refractivity contribution in [2.45, 2.75) is 44.7 Å². The Morgan fingerprint density at radius 3 is 2.56 bits per heavy atom. The van der Waals surface area contributed by atoms with Gasteiger partial charge in [0.15, 0.2) is 5.82 Å². The van der Waals surface area contributed by atoms with Crippen LogP contribution in [0.25, 0.3) is 43.7 Å². The highest BCUT2D eigenvalue weighted by Crippen LogP contribution is 2.46. The molecule has 50 heavy (non-hydrogen) atoms. The molecule has 2 N–H and O–H groups in total. The molecule has 3 saturated heterocycles. The molecule has 0 unspecified atom stereocenters. The van der Waals surface area contributed by atoms with E-state index in [0.717, 1.165) is 12.8 Å². The highest BCUT2D eigenvalue weighted by molar-refractivity contribution is 6.18. The van der Waals surface area contributed by atoms with Crippen LogP contribution < -0.4 is 15.0 Å². The number of phenols is 1. The predicted octanol–water partition coefficient (Wildman–Crippen LogP) is 5.84. The van der Waals surface area contributed by atoms with E-state index in [1.807, 2.05) is 11.9 Å². The lowest BCUT2D eigenvalue weighted by Gasteiger charge is -2.44. The molecule has 0 amide bonds. The Kier molecular flexibility index (Phi) is 7.80. The summed E-state index contributed by atoms with van der Waals surface area (Å²) in [5.41, 5.74) is -0.685. The Hall–Kier alpha value is -4.67. The summed E-state index contributed by atoms with van der Waals surface area (Å²) in [5.74, 6) is 0.337. The van der Waals surface area contributed by atoms with Crippen LogP contribution in [0.5, 0.6) is 11.8 Å². The number of likely N-dealkylation sites (tertiary alicyclic amines) is 1. The minimum Gasteiger partial charge on any atom is -0.508 e. The topological polar surface area (TPSA) is 91.6 Å². The first kappa shape index (κ1) is 32.5. The number of ether oxygens (including phenoxy) is 1. The average molecular weight is 688 g/mol. The zero-order chi connectivity index (χ0) is 35.1. The van der Waals surface area contributed by atoms with Crippen LogP contribution in [0.15, 0.2) is 30.5 Å². The number of aromatic hydroxyl groups is 1. The van der Waals surface area contributed by atoms with Gasteiger partial charge in [0, 0.05) is 72.6 Å². The number of piperidine rings is 1. The van der Waals surface area contributed by atoms with Gasteiger partial charge in [-0.25, -0.2) is 17.6 Å². The second kappa shape index (κ2) is 12.0. The summed E-state index contributed by atoms with van der Waals surface area (Å²) in [6.07, 6.45) is 7.30. The molecule has 2 bridgehead atoms. The van der Waals surface area contributed by atoms with Crippen molar-refractivity contribution in [1.82, 2.24) is 30.0 Å². The molecule has 4 atom stereocenters. The number of rotatable bonds is 6. The van der Waals surface area contributed by atoms with Crippen LogP contribution in [-0.4, -0.2) is 88.1 Å². The molecule has 5 aromatic rings. The molecule has 0 radical (unpaired) electrons. The maximum absolute atomic E-state index is 17.5. The number of hydrogen-bond acceptors (Lipinski definition) is 8. The summed E-state index contributed by atoms with van der Waals surface area (Å²) in [5, 5.41) is 20.7. The molecule has 3 fully saturated rings. The van der Waals surface area contributed by atoms with E-state index in [9.17, 15) is 13.9 Å². The number of benzene rings is 3. The van der Waals surface area contributed by atoms with Crippen molar-refractivity contribution in [2.75, 3.05) is 44.7 Å². The maximum atomic E-state index is 17.5. The third-order valence-corrected chi connectivity index (χ3v) is 10.8. The quantitative estimate of drug-likeness (QED) is 0.170. The first-order valence-corrected chi connectivity index (χ1v) is 16.8. The number of nitrogens with one attached hydrogen (secondary N) is 1. The van der Waals surface area contributed by atoms with E-state index in [2.05, 4.69) is 26.2 Å². The SMILES string of the molecule is C#Cc1c(F)ccc2cc(O)cc(-c3c(F)c4nc(OC[C@@]5(C)CN(C)CC[C@H]5C(F)F)nc(N5C[C@H]6CC[C@@H](C5)N6)c4c4cn(C)nc34)c12. The molecule has 3 aliphatic rings. The first-order chi connectivity index (χ1) is 23.9. The molecular formula is C37H37F4N7O2. The molecule has 0 saturated carbocycles. The molecule has 2 aromatic heterocycles. The second-order valence-corrected chi connectivity index (χ2v) is 14.4. The lowest BCUT2D eigenvalue weighted by molar-refractivity contribution is -0.0679. The van der Waals surface area contributed by atoms with E-state index in [1.54, 1.807) is 24.9 Å². The van der Waals surface area contributed by atoms with E-state index in [-0.39, 0.29) is 63.6 Å². The molecule has 3 aromatic carbocycles. The van der Waals surface area contributed by atoms with Gasteiger partial charge in [0.05, 0.1) is 17.6 Å². The third-order valence-electron chi connectivity index (χ3n) is 10.8. The first-order valence-electron chi connectivity index (χ1n) is 16.8. The van der Waals surface area contributed by atoms with Crippen molar-refractivity contribution >= 4 is 38.4 Å². The van der Waals surface area contributed by atoms with Crippen molar-refractivity contribution in [3.05, 3.63) is 47.7 Å². The minimum atomic E-state index is -2.53. The van der Waals surface area contributed by atoms with Crippen LogP contribution in [0.1, 0.15) is 31.7 Å². The van der Waals surface area contributed by atoms with Gasteiger partial charge in [-0.05, 0) is 62.0 Å². The van der Waals surface area contributed by atoms with Gasteiger partial charge in [0.25, 0.3) is 0 Å².